The topological polar surface area (TPSA) is 65.9 Å². The van der Waals surface area contributed by atoms with Gasteiger partial charge in [0.05, 0.1) is 18.4 Å². The minimum Gasteiger partial charge on any atom is -0.441 e. The lowest BCUT2D eigenvalue weighted by Gasteiger charge is -2.56. The average molecular weight is 450 g/mol. The molecule has 6 heteroatoms. The zero-order valence-electron chi connectivity index (χ0n) is 20.2. The normalized spacial score (nSPS) is 23.6. The lowest BCUT2D eigenvalue weighted by atomic mass is 9.62. The number of pyridine rings is 1. The van der Waals surface area contributed by atoms with Gasteiger partial charge in [0.25, 0.3) is 0 Å². The summed E-state index contributed by atoms with van der Waals surface area (Å²) < 4.78 is 5.83. The van der Waals surface area contributed by atoms with Gasteiger partial charge in [-0.2, -0.15) is 0 Å². The molecule has 1 spiro atoms. The van der Waals surface area contributed by atoms with Crippen molar-refractivity contribution in [3.8, 4) is 0 Å². The maximum Gasteiger partial charge on any atom is 0.415 e. The Morgan fingerprint density at radius 2 is 1.73 bits per heavy atom. The summed E-state index contributed by atoms with van der Waals surface area (Å²) >= 11 is 0. The number of nitrogens with zero attached hydrogens (tertiary/aromatic N) is 3. The van der Waals surface area contributed by atoms with Crippen molar-refractivity contribution in [1.82, 2.24) is 9.88 Å². The summed E-state index contributed by atoms with van der Waals surface area (Å²) in [5.41, 5.74) is 1.54. The van der Waals surface area contributed by atoms with Crippen molar-refractivity contribution < 1.29 is 14.6 Å². The number of aliphatic hydroxyl groups is 1. The van der Waals surface area contributed by atoms with Crippen LogP contribution in [0.5, 0.6) is 0 Å². The maximum absolute atomic E-state index is 12.8. The molecule has 2 aliphatic heterocycles. The van der Waals surface area contributed by atoms with Crippen LogP contribution >= 0.6 is 0 Å². The Morgan fingerprint density at radius 3 is 2.33 bits per heavy atom. The van der Waals surface area contributed by atoms with E-state index < -0.39 is 5.60 Å². The van der Waals surface area contributed by atoms with Gasteiger partial charge in [-0.15, -0.1) is 0 Å². The van der Waals surface area contributed by atoms with Crippen molar-refractivity contribution in [2.45, 2.75) is 63.6 Å². The van der Waals surface area contributed by atoms with Gasteiger partial charge in [-0.05, 0) is 55.8 Å². The van der Waals surface area contributed by atoms with Gasteiger partial charge in [0.2, 0.25) is 0 Å². The van der Waals surface area contributed by atoms with Gasteiger partial charge in [-0.3, -0.25) is 9.88 Å². The fraction of sp³-hybridized carbons (Fsp3) is 0.556. The molecule has 3 fully saturated rings. The second kappa shape index (κ2) is 7.81. The van der Waals surface area contributed by atoms with E-state index in [9.17, 15) is 9.90 Å². The molecule has 0 bridgehead atoms. The fourth-order valence-electron chi connectivity index (χ4n) is 6.22. The highest BCUT2D eigenvalue weighted by atomic mass is 16.6. The second-order valence-corrected chi connectivity index (χ2v) is 11.0. The summed E-state index contributed by atoms with van der Waals surface area (Å²) in [6, 6.07) is 10.2. The first kappa shape index (κ1) is 22.4. The van der Waals surface area contributed by atoms with E-state index in [2.05, 4.69) is 49.8 Å². The van der Waals surface area contributed by atoms with Gasteiger partial charge in [0, 0.05) is 30.3 Å². The number of rotatable bonds is 5. The second-order valence-electron chi connectivity index (χ2n) is 11.0. The van der Waals surface area contributed by atoms with E-state index >= 15 is 0 Å². The number of hydrogen-bond donors (Lipinski definition) is 1. The molecule has 3 heterocycles. The molecule has 176 valence electrons. The molecular formula is C27H35N3O3. The Hall–Kier alpha value is -2.44. The molecule has 2 aromatic rings. The predicted octanol–water partition coefficient (Wildman–Crippen LogP) is 4.66. The van der Waals surface area contributed by atoms with Crippen LogP contribution in [0.3, 0.4) is 0 Å². The van der Waals surface area contributed by atoms with E-state index in [0.29, 0.717) is 23.7 Å². The standard InChI is InChI=1S/C27H35N3O3/c1-19(2)20-7-9-21(10-8-20)27(32,25(3)16-29(4)17-25)22-13-23(15-28-14-22)30-18-26(33-24(30)31)11-5-6-12-26/h7-10,13-15,19,32H,5-6,11-12,16-18H2,1-4H3. The van der Waals surface area contributed by atoms with Crippen LogP contribution in [0.2, 0.25) is 0 Å². The summed E-state index contributed by atoms with van der Waals surface area (Å²) in [4.78, 5) is 21.2. The number of benzene rings is 1. The van der Waals surface area contributed by atoms with Crippen LogP contribution in [0.25, 0.3) is 0 Å². The smallest absolute Gasteiger partial charge is 0.415 e. The van der Waals surface area contributed by atoms with E-state index in [4.69, 9.17) is 4.74 Å². The van der Waals surface area contributed by atoms with Gasteiger partial charge in [0.15, 0.2) is 0 Å². The van der Waals surface area contributed by atoms with Crippen LogP contribution in [-0.2, 0) is 10.3 Å². The highest BCUT2D eigenvalue weighted by Gasteiger charge is 2.55. The molecule has 3 aliphatic rings. The van der Waals surface area contributed by atoms with E-state index in [1.54, 1.807) is 17.3 Å². The average Bonchev–Trinajstić information content (AvgIpc) is 3.37. The van der Waals surface area contributed by atoms with Crippen molar-refractivity contribution in [2.75, 3.05) is 31.6 Å². The first-order valence-electron chi connectivity index (χ1n) is 12.1. The molecule has 1 unspecified atom stereocenters. The van der Waals surface area contributed by atoms with Crippen LogP contribution in [0.1, 0.15) is 69.1 Å². The lowest BCUT2D eigenvalue weighted by molar-refractivity contribution is -0.127. The van der Waals surface area contributed by atoms with Gasteiger partial charge in [-0.1, -0.05) is 45.0 Å². The molecule has 1 N–H and O–H groups in total. The Bertz CT molecular complexity index is 1040. The van der Waals surface area contributed by atoms with E-state index in [1.165, 1.54) is 5.56 Å². The Kier molecular flexibility index (Phi) is 5.29. The molecular weight excluding hydrogens is 414 g/mol. The third kappa shape index (κ3) is 3.55. The number of hydrogen-bond acceptors (Lipinski definition) is 5. The fourth-order valence-corrected chi connectivity index (χ4v) is 6.22. The molecule has 1 aliphatic carbocycles. The van der Waals surface area contributed by atoms with E-state index in [0.717, 1.165) is 44.3 Å². The first-order valence-corrected chi connectivity index (χ1v) is 12.1. The largest absolute Gasteiger partial charge is 0.441 e. The quantitative estimate of drug-likeness (QED) is 0.719. The van der Waals surface area contributed by atoms with Gasteiger partial charge in [0.1, 0.15) is 11.2 Å². The number of anilines is 1. The predicted molar refractivity (Wildman–Crippen MR) is 128 cm³/mol. The van der Waals surface area contributed by atoms with Crippen molar-refractivity contribution in [3.63, 3.8) is 0 Å². The Balaban J connectivity index is 1.54. The summed E-state index contributed by atoms with van der Waals surface area (Å²) in [7, 11) is 2.07. The Labute approximate surface area is 196 Å². The number of carbonyl (C=O) groups is 1. The third-order valence-corrected chi connectivity index (χ3v) is 8.04. The molecule has 1 aromatic carbocycles. The van der Waals surface area contributed by atoms with Crippen molar-refractivity contribution in [3.05, 3.63) is 59.4 Å². The minimum atomic E-state index is -1.23. The summed E-state index contributed by atoms with van der Waals surface area (Å²) in [5.74, 6) is 0.423. The van der Waals surface area contributed by atoms with Crippen molar-refractivity contribution in [1.29, 1.82) is 0 Å². The third-order valence-electron chi connectivity index (χ3n) is 8.04. The summed E-state index contributed by atoms with van der Waals surface area (Å²) in [6.07, 6.45) is 7.16. The number of ether oxygens (including phenoxy) is 1. The zero-order chi connectivity index (χ0) is 23.4. The van der Waals surface area contributed by atoms with E-state index in [1.807, 2.05) is 18.2 Å². The van der Waals surface area contributed by atoms with Gasteiger partial charge in [-0.25, -0.2) is 4.79 Å². The molecule has 1 aromatic heterocycles. The molecule has 0 radical (unpaired) electrons. The van der Waals surface area contributed by atoms with Crippen LogP contribution < -0.4 is 4.90 Å². The van der Waals surface area contributed by atoms with Gasteiger partial charge >= 0.3 is 6.09 Å². The molecule has 6 nitrogen and oxygen atoms in total. The van der Waals surface area contributed by atoms with Crippen LogP contribution in [0.15, 0.2) is 42.7 Å². The summed E-state index contributed by atoms with van der Waals surface area (Å²) in [6.45, 7) is 8.57. The monoisotopic (exact) mass is 449 g/mol. The molecule has 2 saturated heterocycles. The number of carbonyl (C=O) groups excluding carboxylic acids is 1. The highest BCUT2D eigenvalue weighted by molar-refractivity contribution is 5.90. The maximum atomic E-state index is 12.8. The van der Waals surface area contributed by atoms with Crippen LogP contribution in [0.4, 0.5) is 10.5 Å². The summed E-state index contributed by atoms with van der Waals surface area (Å²) in [5, 5.41) is 12.4. The highest BCUT2D eigenvalue weighted by Crippen LogP contribution is 2.51. The molecule has 1 atom stereocenters. The molecule has 33 heavy (non-hydrogen) atoms. The minimum absolute atomic E-state index is 0.310. The van der Waals surface area contributed by atoms with Crippen molar-refractivity contribution in [2.24, 2.45) is 5.41 Å². The van der Waals surface area contributed by atoms with Gasteiger partial charge < -0.3 is 14.7 Å². The molecule has 1 amide bonds. The number of likely N-dealkylation sites (tertiary alicyclic amines) is 1. The van der Waals surface area contributed by atoms with E-state index in [-0.39, 0.29) is 17.1 Å². The Morgan fingerprint density at radius 1 is 1.06 bits per heavy atom. The van der Waals surface area contributed by atoms with Crippen LogP contribution in [-0.4, -0.2) is 53.4 Å². The zero-order valence-corrected chi connectivity index (χ0v) is 20.2. The van der Waals surface area contributed by atoms with Crippen LogP contribution in [0, 0.1) is 5.41 Å². The SMILES string of the molecule is CC(C)c1ccc(C(O)(c2cncc(N3CC4(CCCC4)OC3=O)c2)C2(C)CN(C)C2)cc1. The number of aromatic nitrogens is 1. The first-order chi connectivity index (χ1) is 15.7. The number of amides is 1. The molecule has 5 rings (SSSR count). The molecule has 1 saturated carbocycles. The van der Waals surface area contributed by atoms with Crippen molar-refractivity contribution >= 4 is 11.8 Å². The lowest BCUT2D eigenvalue weighted by Crippen LogP contribution is -2.63.